The number of hydrogen-bond donors (Lipinski definition) is 1. The van der Waals surface area contributed by atoms with Gasteiger partial charge >= 0.3 is 0 Å². The monoisotopic (exact) mass is 278 g/mol. The first-order valence-corrected chi connectivity index (χ1v) is 7.20. The number of carbonyl (C=O) groups excluding carboxylic acids is 2. The minimum Gasteiger partial charge on any atom is -0.472 e. The highest BCUT2D eigenvalue weighted by molar-refractivity contribution is 5.97. The first kappa shape index (κ1) is 14.6. The molecule has 1 saturated heterocycles. The Morgan fingerprint density at radius 3 is 2.90 bits per heavy atom. The lowest BCUT2D eigenvalue weighted by Crippen LogP contribution is -2.52. The van der Waals surface area contributed by atoms with Gasteiger partial charge in [0.15, 0.2) is 0 Å². The zero-order valence-electron chi connectivity index (χ0n) is 12.1. The maximum atomic E-state index is 12.4. The van der Waals surface area contributed by atoms with Crippen molar-refractivity contribution in [3.05, 3.63) is 24.2 Å². The molecule has 1 atom stereocenters. The molecule has 0 aliphatic carbocycles. The smallest absolute Gasteiger partial charge is 0.257 e. The molecule has 0 bridgehead atoms. The van der Waals surface area contributed by atoms with Gasteiger partial charge in [-0.05, 0) is 31.2 Å². The van der Waals surface area contributed by atoms with Crippen LogP contribution < -0.4 is 5.32 Å². The van der Waals surface area contributed by atoms with Crippen LogP contribution in [0, 0.1) is 5.92 Å². The van der Waals surface area contributed by atoms with Gasteiger partial charge in [-0.15, -0.1) is 0 Å². The summed E-state index contributed by atoms with van der Waals surface area (Å²) in [6, 6.07) is 1.28. The van der Waals surface area contributed by atoms with Crippen molar-refractivity contribution in [2.45, 2.75) is 39.2 Å². The molecule has 2 rings (SSSR count). The number of carbonyl (C=O) groups is 2. The molecule has 1 aromatic rings. The first-order chi connectivity index (χ1) is 9.59. The van der Waals surface area contributed by atoms with E-state index in [-0.39, 0.29) is 17.9 Å². The standard InChI is InChI=1S/C15H22N2O3/c1-11(2)9-16-14(18)13-5-3-4-7-17(13)15(19)12-6-8-20-10-12/h6,8,10-11,13H,3-5,7,9H2,1-2H3,(H,16,18)/t13-/m0/s1. The molecule has 0 radical (unpaired) electrons. The van der Waals surface area contributed by atoms with Gasteiger partial charge in [0.25, 0.3) is 5.91 Å². The second kappa shape index (κ2) is 6.59. The topological polar surface area (TPSA) is 62.6 Å². The molecular formula is C15H22N2O3. The van der Waals surface area contributed by atoms with Gasteiger partial charge in [-0.25, -0.2) is 0 Å². The lowest BCUT2D eigenvalue weighted by Gasteiger charge is -2.34. The highest BCUT2D eigenvalue weighted by atomic mass is 16.3. The fraction of sp³-hybridized carbons (Fsp3) is 0.600. The number of amides is 2. The molecule has 0 saturated carbocycles. The average molecular weight is 278 g/mol. The molecule has 2 heterocycles. The number of rotatable bonds is 4. The van der Waals surface area contributed by atoms with Gasteiger partial charge in [-0.3, -0.25) is 9.59 Å². The zero-order chi connectivity index (χ0) is 14.5. The second-order valence-electron chi connectivity index (χ2n) is 5.66. The van der Waals surface area contributed by atoms with Gasteiger partial charge in [0.2, 0.25) is 5.91 Å². The summed E-state index contributed by atoms with van der Waals surface area (Å²) in [6.07, 6.45) is 5.56. The third kappa shape index (κ3) is 3.40. The van der Waals surface area contributed by atoms with E-state index in [1.165, 1.54) is 12.5 Å². The number of likely N-dealkylation sites (tertiary alicyclic amines) is 1. The maximum absolute atomic E-state index is 12.4. The number of furan rings is 1. The summed E-state index contributed by atoms with van der Waals surface area (Å²) in [5, 5.41) is 2.93. The van der Waals surface area contributed by atoms with Gasteiger partial charge in [0, 0.05) is 13.1 Å². The molecule has 2 amide bonds. The van der Waals surface area contributed by atoms with Gasteiger partial charge < -0.3 is 14.6 Å². The van der Waals surface area contributed by atoms with E-state index in [4.69, 9.17) is 4.42 Å². The van der Waals surface area contributed by atoms with Crippen molar-refractivity contribution in [1.82, 2.24) is 10.2 Å². The van der Waals surface area contributed by atoms with Crippen LogP contribution in [0.5, 0.6) is 0 Å². The van der Waals surface area contributed by atoms with Gasteiger partial charge in [-0.1, -0.05) is 13.8 Å². The number of nitrogens with one attached hydrogen (secondary N) is 1. The van der Waals surface area contributed by atoms with E-state index in [1.807, 2.05) is 0 Å². The molecule has 20 heavy (non-hydrogen) atoms. The summed E-state index contributed by atoms with van der Waals surface area (Å²) >= 11 is 0. The largest absolute Gasteiger partial charge is 0.472 e. The summed E-state index contributed by atoms with van der Waals surface area (Å²) in [7, 11) is 0. The Morgan fingerprint density at radius 2 is 2.25 bits per heavy atom. The Kier molecular flexibility index (Phi) is 4.82. The van der Waals surface area contributed by atoms with E-state index in [1.54, 1.807) is 11.0 Å². The minimum atomic E-state index is -0.357. The third-order valence-electron chi connectivity index (χ3n) is 3.52. The van der Waals surface area contributed by atoms with E-state index in [0.717, 1.165) is 19.3 Å². The quantitative estimate of drug-likeness (QED) is 0.916. The lowest BCUT2D eigenvalue weighted by molar-refractivity contribution is -0.126. The second-order valence-corrected chi connectivity index (χ2v) is 5.66. The van der Waals surface area contributed by atoms with Crippen molar-refractivity contribution in [1.29, 1.82) is 0 Å². The Hall–Kier alpha value is -1.78. The van der Waals surface area contributed by atoms with Crippen LogP contribution in [0.4, 0.5) is 0 Å². The molecule has 1 fully saturated rings. The van der Waals surface area contributed by atoms with Crippen LogP contribution in [0.15, 0.2) is 23.0 Å². The van der Waals surface area contributed by atoms with E-state index >= 15 is 0 Å². The number of piperidine rings is 1. The van der Waals surface area contributed by atoms with E-state index in [2.05, 4.69) is 19.2 Å². The van der Waals surface area contributed by atoms with Crippen molar-refractivity contribution in [2.24, 2.45) is 5.92 Å². The average Bonchev–Trinajstić information content (AvgIpc) is 2.98. The van der Waals surface area contributed by atoms with Gasteiger partial charge in [0.05, 0.1) is 11.8 Å². The van der Waals surface area contributed by atoms with Crippen LogP contribution in [0.25, 0.3) is 0 Å². The summed E-state index contributed by atoms with van der Waals surface area (Å²) in [5.41, 5.74) is 0.508. The van der Waals surface area contributed by atoms with Crippen LogP contribution in [-0.2, 0) is 4.79 Å². The van der Waals surface area contributed by atoms with E-state index < -0.39 is 0 Å². The fourth-order valence-corrected chi connectivity index (χ4v) is 2.42. The fourth-order valence-electron chi connectivity index (χ4n) is 2.42. The Balaban J connectivity index is 2.05. The minimum absolute atomic E-state index is 0.0461. The molecule has 1 aromatic heterocycles. The summed E-state index contributed by atoms with van der Waals surface area (Å²) < 4.78 is 4.95. The lowest BCUT2D eigenvalue weighted by atomic mass is 10.00. The highest BCUT2D eigenvalue weighted by Gasteiger charge is 2.32. The van der Waals surface area contributed by atoms with Crippen LogP contribution in [-0.4, -0.2) is 35.8 Å². The number of nitrogens with zero attached hydrogens (tertiary/aromatic N) is 1. The third-order valence-corrected chi connectivity index (χ3v) is 3.52. The predicted octanol–water partition coefficient (Wildman–Crippen LogP) is 2.05. The molecule has 1 aliphatic rings. The van der Waals surface area contributed by atoms with Crippen molar-refractivity contribution in [3.63, 3.8) is 0 Å². The van der Waals surface area contributed by atoms with Gasteiger partial charge in [0.1, 0.15) is 12.3 Å². The predicted molar refractivity (Wildman–Crippen MR) is 75.2 cm³/mol. The van der Waals surface area contributed by atoms with E-state index in [0.29, 0.717) is 24.6 Å². The Morgan fingerprint density at radius 1 is 1.45 bits per heavy atom. The van der Waals surface area contributed by atoms with Crippen LogP contribution in [0.3, 0.4) is 0 Å². The number of hydrogen-bond acceptors (Lipinski definition) is 3. The molecular weight excluding hydrogens is 256 g/mol. The molecule has 1 N–H and O–H groups in total. The van der Waals surface area contributed by atoms with Crippen molar-refractivity contribution in [2.75, 3.05) is 13.1 Å². The van der Waals surface area contributed by atoms with Crippen molar-refractivity contribution in [3.8, 4) is 0 Å². The summed E-state index contributed by atoms with van der Waals surface area (Å²) in [4.78, 5) is 26.3. The normalized spacial score (nSPS) is 19.1. The van der Waals surface area contributed by atoms with E-state index in [9.17, 15) is 9.59 Å². The zero-order valence-corrected chi connectivity index (χ0v) is 12.1. The SMILES string of the molecule is CC(C)CNC(=O)[C@@H]1CCCCN1C(=O)c1ccoc1. The maximum Gasteiger partial charge on any atom is 0.257 e. The summed E-state index contributed by atoms with van der Waals surface area (Å²) in [6.45, 7) is 5.37. The highest BCUT2D eigenvalue weighted by Crippen LogP contribution is 2.20. The molecule has 1 aliphatic heterocycles. The van der Waals surface area contributed by atoms with Crippen LogP contribution >= 0.6 is 0 Å². The van der Waals surface area contributed by atoms with Crippen molar-refractivity contribution < 1.29 is 14.0 Å². The Bertz CT molecular complexity index is 454. The molecule has 5 nitrogen and oxygen atoms in total. The Labute approximate surface area is 119 Å². The first-order valence-electron chi connectivity index (χ1n) is 7.20. The molecule has 0 unspecified atom stereocenters. The molecule has 110 valence electrons. The summed E-state index contributed by atoms with van der Waals surface area (Å²) in [5.74, 6) is 0.235. The van der Waals surface area contributed by atoms with Crippen LogP contribution in [0.2, 0.25) is 0 Å². The van der Waals surface area contributed by atoms with Crippen LogP contribution in [0.1, 0.15) is 43.5 Å². The molecule has 5 heteroatoms. The van der Waals surface area contributed by atoms with Gasteiger partial charge in [-0.2, -0.15) is 0 Å². The van der Waals surface area contributed by atoms with Crippen molar-refractivity contribution >= 4 is 11.8 Å². The molecule has 0 spiro atoms. The molecule has 0 aromatic carbocycles.